The molecule has 0 aromatic heterocycles. The Morgan fingerprint density at radius 3 is 2.64 bits per heavy atom. The third-order valence-corrected chi connectivity index (χ3v) is 3.49. The molecule has 0 amide bonds. The van der Waals surface area contributed by atoms with Gasteiger partial charge in [0.05, 0.1) is 6.10 Å². The number of nitrogens with zero attached hydrogens (tertiary/aromatic N) is 1. The Labute approximate surface area is 86.8 Å². The highest BCUT2D eigenvalue weighted by Gasteiger charge is 2.28. The molecule has 0 aromatic carbocycles. The van der Waals surface area contributed by atoms with Crippen LogP contribution in [-0.4, -0.2) is 50.3 Å². The average molecular weight is 198 g/mol. The van der Waals surface area contributed by atoms with Gasteiger partial charge in [-0.15, -0.1) is 0 Å². The normalized spacial score (nSPS) is 35.6. The minimum Gasteiger partial charge on any atom is -0.381 e. The van der Waals surface area contributed by atoms with Crippen molar-refractivity contribution < 1.29 is 4.74 Å². The molecule has 3 heteroatoms. The van der Waals surface area contributed by atoms with Gasteiger partial charge >= 0.3 is 0 Å². The van der Waals surface area contributed by atoms with E-state index < -0.39 is 0 Å². The zero-order valence-electron chi connectivity index (χ0n) is 9.33. The molecule has 1 aliphatic heterocycles. The molecule has 0 bridgehead atoms. The summed E-state index contributed by atoms with van der Waals surface area (Å²) in [6, 6.07) is 1.44. The summed E-state index contributed by atoms with van der Waals surface area (Å²) in [6.07, 6.45) is 5.61. The number of hydrogen-bond acceptors (Lipinski definition) is 3. The number of rotatable bonds is 3. The van der Waals surface area contributed by atoms with E-state index in [2.05, 4.69) is 17.3 Å². The van der Waals surface area contributed by atoms with E-state index in [1.165, 1.54) is 38.8 Å². The van der Waals surface area contributed by atoms with Gasteiger partial charge in [-0.05, 0) is 32.7 Å². The Balaban J connectivity index is 1.69. The Kier molecular flexibility index (Phi) is 3.42. The first-order valence-electron chi connectivity index (χ1n) is 5.75. The first-order chi connectivity index (χ1) is 6.78. The van der Waals surface area contributed by atoms with Crippen LogP contribution in [0.3, 0.4) is 0 Å². The van der Waals surface area contributed by atoms with Crippen LogP contribution in [0.1, 0.15) is 25.7 Å². The van der Waals surface area contributed by atoms with E-state index in [9.17, 15) is 0 Å². The van der Waals surface area contributed by atoms with Gasteiger partial charge in [-0.25, -0.2) is 0 Å². The molecule has 0 spiro atoms. The molecule has 1 aliphatic carbocycles. The molecule has 1 heterocycles. The van der Waals surface area contributed by atoms with Crippen molar-refractivity contribution in [2.24, 2.45) is 0 Å². The van der Waals surface area contributed by atoms with Gasteiger partial charge in [-0.2, -0.15) is 0 Å². The Bertz CT molecular complexity index is 180. The summed E-state index contributed by atoms with van der Waals surface area (Å²) in [5.41, 5.74) is 0. The van der Waals surface area contributed by atoms with Gasteiger partial charge in [-0.3, -0.25) is 0 Å². The molecule has 1 N–H and O–H groups in total. The van der Waals surface area contributed by atoms with Crippen LogP contribution >= 0.6 is 0 Å². The molecule has 2 fully saturated rings. The Morgan fingerprint density at radius 2 is 2.00 bits per heavy atom. The van der Waals surface area contributed by atoms with Crippen molar-refractivity contribution in [1.29, 1.82) is 0 Å². The number of ether oxygens (including phenoxy) is 1. The molecule has 0 radical (unpaired) electrons. The Morgan fingerprint density at radius 1 is 1.21 bits per heavy atom. The van der Waals surface area contributed by atoms with E-state index in [1.54, 1.807) is 0 Å². The summed E-state index contributed by atoms with van der Waals surface area (Å²) in [5.74, 6) is 0. The minimum absolute atomic E-state index is 0.499. The van der Waals surface area contributed by atoms with Crippen molar-refractivity contribution in [2.75, 3.05) is 27.2 Å². The van der Waals surface area contributed by atoms with Gasteiger partial charge < -0.3 is 15.0 Å². The molecule has 14 heavy (non-hydrogen) atoms. The first kappa shape index (κ1) is 10.4. The molecule has 3 nitrogen and oxygen atoms in total. The number of likely N-dealkylation sites (N-methyl/N-ethyl adjacent to an activating group) is 1. The minimum atomic E-state index is 0.499. The molecule has 2 rings (SSSR count). The lowest BCUT2D eigenvalue weighted by atomic mass is 9.91. The van der Waals surface area contributed by atoms with E-state index in [4.69, 9.17) is 4.74 Å². The van der Waals surface area contributed by atoms with E-state index in [-0.39, 0.29) is 0 Å². The second kappa shape index (κ2) is 4.60. The first-order valence-corrected chi connectivity index (χ1v) is 5.75. The van der Waals surface area contributed by atoms with Gasteiger partial charge in [0, 0.05) is 32.3 Å². The second-order valence-corrected chi connectivity index (χ2v) is 4.81. The zero-order valence-corrected chi connectivity index (χ0v) is 9.33. The summed E-state index contributed by atoms with van der Waals surface area (Å²) in [7, 11) is 4.02. The van der Waals surface area contributed by atoms with Crippen molar-refractivity contribution in [3.8, 4) is 0 Å². The molecule has 2 atom stereocenters. The maximum atomic E-state index is 5.43. The molecule has 2 aliphatic rings. The summed E-state index contributed by atoms with van der Waals surface area (Å²) in [4.78, 5) is 2.36. The molecule has 1 saturated heterocycles. The third kappa shape index (κ3) is 2.47. The van der Waals surface area contributed by atoms with Crippen LogP contribution < -0.4 is 5.32 Å². The lowest BCUT2D eigenvalue weighted by Gasteiger charge is -2.41. The average Bonchev–Trinajstić information content (AvgIpc) is 2.16. The second-order valence-electron chi connectivity index (χ2n) is 4.81. The summed E-state index contributed by atoms with van der Waals surface area (Å²) in [5, 5.41) is 3.73. The summed E-state index contributed by atoms with van der Waals surface area (Å²) in [6.45, 7) is 2.43. The number of likely N-dealkylation sites (tertiary alicyclic amines) is 1. The molecular weight excluding hydrogens is 176 g/mol. The lowest BCUT2D eigenvalue weighted by molar-refractivity contribution is 0.0493. The fraction of sp³-hybridized carbons (Fsp3) is 1.00. The van der Waals surface area contributed by atoms with Gasteiger partial charge in [-0.1, -0.05) is 0 Å². The van der Waals surface area contributed by atoms with Gasteiger partial charge in [0.1, 0.15) is 0 Å². The lowest BCUT2D eigenvalue weighted by Crippen LogP contribution is -2.59. The quantitative estimate of drug-likeness (QED) is 0.727. The van der Waals surface area contributed by atoms with Crippen LogP contribution in [0.5, 0.6) is 0 Å². The van der Waals surface area contributed by atoms with Crippen LogP contribution in [0.25, 0.3) is 0 Å². The summed E-state index contributed by atoms with van der Waals surface area (Å²) >= 11 is 0. The van der Waals surface area contributed by atoms with E-state index in [0.29, 0.717) is 12.1 Å². The third-order valence-electron chi connectivity index (χ3n) is 3.49. The van der Waals surface area contributed by atoms with Crippen molar-refractivity contribution in [1.82, 2.24) is 10.2 Å². The topological polar surface area (TPSA) is 24.5 Å². The highest BCUT2D eigenvalue weighted by molar-refractivity contribution is 4.88. The molecule has 2 unspecified atom stereocenters. The maximum absolute atomic E-state index is 5.43. The largest absolute Gasteiger partial charge is 0.381 e. The number of nitrogens with one attached hydrogen (secondary N) is 1. The monoisotopic (exact) mass is 198 g/mol. The molecular formula is C11H22N2O. The van der Waals surface area contributed by atoms with Crippen LogP contribution in [0.15, 0.2) is 0 Å². The van der Waals surface area contributed by atoms with Crippen LogP contribution in [-0.2, 0) is 4.74 Å². The fourth-order valence-electron chi connectivity index (χ4n) is 2.65. The smallest absolute Gasteiger partial charge is 0.0586 e. The van der Waals surface area contributed by atoms with Crippen molar-refractivity contribution in [3.63, 3.8) is 0 Å². The van der Waals surface area contributed by atoms with E-state index in [1.807, 2.05) is 7.11 Å². The Hall–Kier alpha value is -0.120. The number of methoxy groups -OCH3 is 1. The summed E-state index contributed by atoms with van der Waals surface area (Å²) < 4.78 is 5.43. The van der Waals surface area contributed by atoms with Gasteiger partial charge in [0.25, 0.3) is 0 Å². The number of hydrogen-bond donors (Lipinski definition) is 1. The molecule has 82 valence electrons. The van der Waals surface area contributed by atoms with Gasteiger partial charge in [0.15, 0.2) is 0 Å². The van der Waals surface area contributed by atoms with Crippen molar-refractivity contribution in [2.45, 2.75) is 43.9 Å². The zero-order chi connectivity index (χ0) is 9.97. The SMILES string of the molecule is COC1CCCC(NC2CN(C)C2)C1. The van der Waals surface area contributed by atoms with Crippen LogP contribution in [0.4, 0.5) is 0 Å². The van der Waals surface area contributed by atoms with Crippen LogP contribution in [0.2, 0.25) is 0 Å². The predicted molar refractivity (Wildman–Crippen MR) is 57.5 cm³/mol. The van der Waals surface area contributed by atoms with Crippen molar-refractivity contribution >= 4 is 0 Å². The maximum Gasteiger partial charge on any atom is 0.0586 e. The highest BCUT2D eigenvalue weighted by Crippen LogP contribution is 2.21. The standard InChI is InChI=1S/C11H22N2O/c1-13-7-10(8-13)12-9-4-3-5-11(6-9)14-2/h9-12H,3-8H2,1-2H3. The van der Waals surface area contributed by atoms with E-state index >= 15 is 0 Å². The molecule has 0 aromatic rings. The predicted octanol–water partition coefficient (Wildman–Crippen LogP) is 0.848. The van der Waals surface area contributed by atoms with Crippen molar-refractivity contribution in [3.05, 3.63) is 0 Å². The molecule has 1 saturated carbocycles. The highest BCUT2D eigenvalue weighted by atomic mass is 16.5. The van der Waals surface area contributed by atoms with Crippen LogP contribution in [0, 0.1) is 0 Å². The van der Waals surface area contributed by atoms with E-state index in [0.717, 1.165) is 6.04 Å². The fourth-order valence-corrected chi connectivity index (χ4v) is 2.65. The van der Waals surface area contributed by atoms with Gasteiger partial charge in [0.2, 0.25) is 0 Å².